The highest BCUT2D eigenvalue weighted by Gasteiger charge is 2.17. The summed E-state index contributed by atoms with van der Waals surface area (Å²) >= 11 is 0. The fraction of sp³-hybridized carbons (Fsp3) is 0.500. The first-order valence-corrected chi connectivity index (χ1v) is 5.18. The topological polar surface area (TPSA) is 12.0 Å². The third kappa shape index (κ3) is 1.55. The Hall–Kier alpha value is -0.980. The van der Waals surface area contributed by atoms with Crippen LogP contribution in [0.1, 0.15) is 37.3 Å². The highest BCUT2D eigenvalue weighted by molar-refractivity contribution is 5.51. The number of nitrogens with one attached hydrogen (secondary N) is 1. The van der Waals surface area contributed by atoms with Crippen molar-refractivity contribution in [2.45, 2.75) is 32.6 Å². The van der Waals surface area contributed by atoms with Crippen LogP contribution in [-0.2, 0) is 6.42 Å². The molecule has 1 heteroatoms. The molecule has 0 heterocycles. The van der Waals surface area contributed by atoms with E-state index in [2.05, 4.69) is 37.4 Å². The van der Waals surface area contributed by atoms with Crippen LogP contribution in [-0.4, -0.2) is 6.54 Å². The highest BCUT2D eigenvalue weighted by atomic mass is 14.8. The predicted molar refractivity (Wildman–Crippen MR) is 57.3 cm³/mol. The van der Waals surface area contributed by atoms with Crippen molar-refractivity contribution in [3.63, 3.8) is 0 Å². The lowest BCUT2D eigenvalue weighted by molar-refractivity contribution is 0.747. The van der Waals surface area contributed by atoms with E-state index < -0.39 is 0 Å². The van der Waals surface area contributed by atoms with Crippen LogP contribution in [0.2, 0.25) is 0 Å². The average Bonchev–Trinajstić information content (AvgIpc) is 2.49. The Morgan fingerprint density at radius 2 is 2.31 bits per heavy atom. The molecule has 0 amide bonds. The summed E-state index contributed by atoms with van der Waals surface area (Å²) in [5.74, 6) is 0.758. The largest absolute Gasteiger partial charge is 0.385 e. The number of hydrogen-bond donors (Lipinski definition) is 1. The molecule has 1 aromatic rings. The van der Waals surface area contributed by atoms with Gasteiger partial charge in [0.05, 0.1) is 0 Å². The predicted octanol–water partition coefficient (Wildman–Crippen LogP) is 3.17. The van der Waals surface area contributed by atoms with E-state index in [1.54, 1.807) is 11.1 Å². The van der Waals surface area contributed by atoms with Crippen LogP contribution in [0.15, 0.2) is 18.2 Å². The molecule has 2 rings (SSSR count). The fourth-order valence-electron chi connectivity index (χ4n) is 2.12. The third-order valence-electron chi connectivity index (χ3n) is 2.90. The number of anilines is 1. The third-order valence-corrected chi connectivity index (χ3v) is 2.90. The number of benzene rings is 1. The maximum absolute atomic E-state index is 3.36. The summed E-state index contributed by atoms with van der Waals surface area (Å²) in [5, 5.41) is 3.36. The monoisotopic (exact) mass is 175 g/mol. The van der Waals surface area contributed by atoms with E-state index in [9.17, 15) is 0 Å². The van der Waals surface area contributed by atoms with E-state index in [4.69, 9.17) is 0 Å². The first-order chi connectivity index (χ1) is 6.31. The Labute approximate surface area is 80.2 Å². The molecule has 0 spiro atoms. The molecule has 1 atom stereocenters. The number of aryl methyl sites for hydroxylation is 1. The van der Waals surface area contributed by atoms with Gasteiger partial charge in [-0.15, -0.1) is 0 Å². The van der Waals surface area contributed by atoms with Crippen LogP contribution in [0.25, 0.3) is 0 Å². The second-order valence-corrected chi connectivity index (χ2v) is 3.88. The van der Waals surface area contributed by atoms with Crippen LogP contribution in [0, 0.1) is 0 Å². The van der Waals surface area contributed by atoms with Crippen LogP contribution < -0.4 is 5.32 Å². The summed E-state index contributed by atoms with van der Waals surface area (Å²) in [6, 6.07) is 6.79. The zero-order valence-electron chi connectivity index (χ0n) is 8.43. The van der Waals surface area contributed by atoms with E-state index in [0.29, 0.717) is 0 Å². The quantitative estimate of drug-likeness (QED) is 0.728. The van der Waals surface area contributed by atoms with Crippen LogP contribution in [0.5, 0.6) is 0 Å². The molecule has 0 bridgehead atoms. The van der Waals surface area contributed by atoms with Gasteiger partial charge in [0.15, 0.2) is 0 Å². The molecule has 0 aromatic heterocycles. The van der Waals surface area contributed by atoms with Gasteiger partial charge in [-0.25, -0.2) is 0 Å². The van der Waals surface area contributed by atoms with Gasteiger partial charge in [-0.1, -0.05) is 13.0 Å². The van der Waals surface area contributed by atoms with Crippen LogP contribution in [0.4, 0.5) is 5.69 Å². The van der Waals surface area contributed by atoms with Gasteiger partial charge in [0.2, 0.25) is 0 Å². The lowest BCUT2D eigenvalue weighted by Crippen LogP contribution is -1.97. The molecule has 0 aliphatic heterocycles. The summed E-state index contributed by atoms with van der Waals surface area (Å²) in [6.07, 6.45) is 2.59. The van der Waals surface area contributed by atoms with Gasteiger partial charge in [-0.05, 0) is 48.9 Å². The van der Waals surface area contributed by atoms with Gasteiger partial charge >= 0.3 is 0 Å². The molecular formula is C12H17N. The van der Waals surface area contributed by atoms with Crippen molar-refractivity contribution in [3.8, 4) is 0 Å². The Balaban J connectivity index is 2.31. The first kappa shape index (κ1) is 8.61. The second-order valence-electron chi connectivity index (χ2n) is 3.88. The second kappa shape index (κ2) is 3.41. The Bertz CT molecular complexity index is 304. The molecule has 1 aliphatic carbocycles. The molecule has 0 radical (unpaired) electrons. The number of fused-ring (bicyclic) bond motifs is 1. The fourth-order valence-corrected chi connectivity index (χ4v) is 2.12. The van der Waals surface area contributed by atoms with Crippen molar-refractivity contribution in [3.05, 3.63) is 29.3 Å². The summed E-state index contributed by atoms with van der Waals surface area (Å²) in [7, 11) is 0. The first-order valence-electron chi connectivity index (χ1n) is 5.18. The van der Waals surface area contributed by atoms with Gasteiger partial charge in [-0.3, -0.25) is 0 Å². The zero-order chi connectivity index (χ0) is 9.26. The lowest BCUT2D eigenvalue weighted by atomic mass is 10.0. The van der Waals surface area contributed by atoms with Gasteiger partial charge in [0, 0.05) is 12.2 Å². The molecule has 1 nitrogen and oxygen atoms in total. The molecule has 70 valence electrons. The zero-order valence-corrected chi connectivity index (χ0v) is 8.43. The van der Waals surface area contributed by atoms with E-state index in [0.717, 1.165) is 12.5 Å². The maximum Gasteiger partial charge on any atom is 0.0343 e. The standard InChI is InChI=1S/C12H17N/c1-3-13-11-7-6-10-5-4-9(2)12(10)8-11/h6-9,13H,3-5H2,1-2H3. The van der Waals surface area contributed by atoms with E-state index in [-0.39, 0.29) is 0 Å². The molecule has 1 aromatic carbocycles. The number of rotatable bonds is 2. The van der Waals surface area contributed by atoms with Gasteiger partial charge < -0.3 is 5.32 Å². The number of hydrogen-bond acceptors (Lipinski definition) is 1. The van der Waals surface area contributed by atoms with Crippen molar-refractivity contribution < 1.29 is 0 Å². The van der Waals surface area contributed by atoms with Crippen molar-refractivity contribution in [2.24, 2.45) is 0 Å². The maximum atomic E-state index is 3.36. The molecule has 0 saturated carbocycles. The highest BCUT2D eigenvalue weighted by Crippen LogP contribution is 2.34. The lowest BCUT2D eigenvalue weighted by Gasteiger charge is -2.08. The minimum atomic E-state index is 0.758. The van der Waals surface area contributed by atoms with Crippen LogP contribution in [0.3, 0.4) is 0 Å². The Morgan fingerprint density at radius 1 is 1.46 bits per heavy atom. The molecule has 1 unspecified atom stereocenters. The van der Waals surface area contributed by atoms with Gasteiger partial charge in [-0.2, -0.15) is 0 Å². The summed E-state index contributed by atoms with van der Waals surface area (Å²) in [5.41, 5.74) is 4.38. The molecular weight excluding hydrogens is 158 g/mol. The van der Waals surface area contributed by atoms with Gasteiger partial charge in [0.25, 0.3) is 0 Å². The van der Waals surface area contributed by atoms with Crippen molar-refractivity contribution in [1.82, 2.24) is 0 Å². The van der Waals surface area contributed by atoms with Crippen molar-refractivity contribution in [2.75, 3.05) is 11.9 Å². The smallest absolute Gasteiger partial charge is 0.0343 e. The van der Waals surface area contributed by atoms with Gasteiger partial charge in [0.1, 0.15) is 0 Å². The van der Waals surface area contributed by atoms with Crippen molar-refractivity contribution >= 4 is 5.69 Å². The Kier molecular flexibility index (Phi) is 2.26. The summed E-state index contributed by atoms with van der Waals surface area (Å²) in [6.45, 7) is 5.46. The van der Waals surface area contributed by atoms with E-state index >= 15 is 0 Å². The van der Waals surface area contributed by atoms with E-state index in [1.807, 2.05) is 0 Å². The minimum absolute atomic E-state index is 0.758. The molecule has 1 aliphatic rings. The molecule has 13 heavy (non-hydrogen) atoms. The average molecular weight is 175 g/mol. The minimum Gasteiger partial charge on any atom is -0.385 e. The molecule has 0 fully saturated rings. The molecule has 0 saturated heterocycles. The van der Waals surface area contributed by atoms with Crippen LogP contribution >= 0.6 is 0 Å². The normalized spacial score (nSPS) is 20.0. The van der Waals surface area contributed by atoms with E-state index in [1.165, 1.54) is 18.5 Å². The Morgan fingerprint density at radius 3 is 3.08 bits per heavy atom. The molecule has 1 N–H and O–H groups in total. The summed E-state index contributed by atoms with van der Waals surface area (Å²) in [4.78, 5) is 0. The van der Waals surface area contributed by atoms with Crippen molar-refractivity contribution in [1.29, 1.82) is 0 Å². The SMILES string of the molecule is CCNc1ccc2c(c1)C(C)CC2. The summed E-state index contributed by atoms with van der Waals surface area (Å²) < 4.78 is 0.